The van der Waals surface area contributed by atoms with Gasteiger partial charge in [-0.15, -0.1) is 0 Å². The Labute approximate surface area is 88.4 Å². The van der Waals surface area contributed by atoms with Gasteiger partial charge in [-0.2, -0.15) is 17.0 Å². The maximum Gasteiger partial charge on any atom is 0.224 e. The number of carbonyl (C=O) groups excluding carboxylic acids is 1. The van der Waals surface area contributed by atoms with E-state index in [2.05, 4.69) is 6.07 Å². The summed E-state index contributed by atoms with van der Waals surface area (Å²) >= 11 is 1.96. The van der Waals surface area contributed by atoms with E-state index < -0.39 is 0 Å². The predicted octanol–water partition coefficient (Wildman–Crippen LogP) is 1.25. The van der Waals surface area contributed by atoms with E-state index >= 15 is 0 Å². The Balaban J connectivity index is 1.97. The molecule has 76 valence electrons. The van der Waals surface area contributed by atoms with E-state index in [0.717, 1.165) is 24.3 Å². The van der Waals surface area contributed by atoms with Crippen LogP contribution >= 0.6 is 11.8 Å². The number of nitriles is 1. The molecule has 0 spiro atoms. The van der Waals surface area contributed by atoms with Crippen molar-refractivity contribution in [3.63, 3.8) is 0 Å². The van der Waals surface area contributed by atoms with Crippen molar-refractivity contribution in [2.75, 3.05) is 18.1 Å². The molecule has 1 unspecified atom stereocenters. The molecule has 0 bridgehead atoms. The summed E-state index contributed by atoms with van der Waals surface area (Å²) in [6, 6.07) is 2.61. The summed E-state index contributed by atoms with van der Waals surface area (Å²) in [7, 11) is 0. The molecule has 3 nitrogen and oxygen atoms in total. The number of likely N-dealkylation sites (tertiary alicyclic amines) is 1. The molecule has 0 aromatic heterocycles. The van der Waals surface area contributed by atoms with Crippen molar-refractivity contribution >= 4 is 17.7 Å². The third-order valence-corrected chi connectivity index (χ3v) is 4.02. The SMILES string of the molecule is N#CC1CC(=O)N(C2CCSCC2)C1. The number of carbonyl (C=O) groups is 1. The van der Waals surface area contributed by atoms with Crippen LogP contribution in [-0.4, -0.2) is 34.9 Å². The van der Waals surface area contributed by atoms with Crippen molar-refractivity contribution in [2.45, 2.75) is 25.3 Å². The number of hydrogen-bond acceptors (Lipinski definition) is 3. The van der Waals surface area contributed by atoms with Gasteiger partial charge in [0, 0.05) is 19.0 Å². The van der Waals surface area contributed by atoms with E-state index in [-0.39, 0.29) is 11.8 Å². The second-order valence-electron chi connectivity index (χ2n) is 3.92. The van der Waals surface area contributed by atoms with E-state index in [9.17, 15) is 4.79 Å². The molecule has 2 rings (SSSR count). The average molecular weight is 210 g/mol. The number of amides is 1. The largest absolute Gasteiger partial charge is 0.338 e. The Morgan fingerprint density at radius 3 is 2.71 bits per heavy atom. The maximum absolute atomic E-state index is 11.6. The van der Waals surface area contributed by atoms with E-state index in [1.165, 1.54) is 0 Å². The summed E-state index contributed by atoms with van der Waals surface area (Å²) < 4.78 is 0. The van der Waals surface area contributed by atoms with Crippen molar-refractivity contribution in [2.24, 2.45) is 5.92 Å². The van der Waals surface area contributed by atoms with Gasteiger partial charge in [-0.05, 0) is 24.3 Å². The van der Waals surface area contributed by atoms with Crippen LogP contribution in [-0.2, 0) is 4.79 Å². The Bertz CT molecular complexity index is 268. The van der Waals surface area contributed by atoms with Crippen LogP contribution in [0.2, 0.25) is 0 Å². The average Bonchev–Trinajstić information content (AvgIpc) is 2.61. The fourth-order valence-electron chi connectivity index (χ4n) is 2.17. The minimum Gasteiger partial charge on any atom is -0.338 e. The highest BCUT2D eigenvalue weighted by Crippen LogP contribution is 2.27. The Kier molecular flexibility index (Phi) is 2.97. The van der Waals surface area contributed by atoms with Gasteiger partial charge in [0.1, 0.15) is 0 Å². The molecule has 0 radical (unpaired) electrons. The van der Waals surface area contributed by atoms with E-state index in [4.69, 9.17) is 5.26 Å². The molecular formula is C10H14N2OS. The second-order valence-corrected chi connectivity index (χ2v) is 5.14. The van der Waals surface area contributed by atoms with Crippen LogP contribution in [0.4, 0.5) is 0 Å². The van der Waals surface area contributed by atoms with E-state index in [1.54, 1.807) is 0 Å². The van der Waals surface area contributed by atoms with E-state index in [0.29, 0.717) is 19.0 Å². The normalized spacial score (nSPS) is 29.2. The lowest BCUT2D eigenvalue weighted by atomic mass is 10.1. The van der Waals surface area contributed by atoms with Crippen molar-refractivity contribution < 1.29 is 4.79 Å². The van der Waals surface area contributed by atoms with Gasteiger partial charge in [0.15, 0.2) is 0 Å². The maximum atomic E-state index is 11.6. The molecule has 2 aliphatic rings. The van der Waals surface area contributed by atoms with Crippen LogP contribution in [0.3, 0.4) is 0 Å². The van der Waals surface area contributed by atoms with Gasteiger partial charge < -0.3 is 4.90 Å². The van der Waals surface area contributed by atoms with Gasteiger partial charge in [-0.1, -0.05) is 0 Å². The first-order valence-electron chi connectivity index (χ1n) is 5.08. The molecule has 0 aliphatic carbocycles. The molecule has 0 aromatic carbocycles. The lowest BCUT2D eigenvalue weighted by molar-refractivity contribution is -0.129. The summed E-state index contributed by atoms with van der Waals surface area (Å²) in [5.74, 6) is 2.45. The highest BCUT2D eigenvalue weighted by atomic mass is 32.2. The zero-order valence-corrected chi connectivity index (χ0v) is 8.92. The molecule has 0 saturated carbocycles. The third-order valence-electron chi connectivity index (χ3n) is 2.97. The topological polar surface area (TPSA) is 44.1 Å². The summed E-state index contributed by atoms with van der Waals surface area (Å²) in [6.45, 7) is 0.671. The van der Waals surface area contributed by atoms with Crippen LogP contribution < -0.4 is 0 Å². The lowest BCUT2D eigenvalue weighted by Crippen LogP contribution is -2.38. The van der Waals surface area contributed by atoms with Crippen LogP contribution in [0.1, 0.15) is 19.3 Å². The number of hydrogen-bond donors (Lipinski definition) is 0. The standard InChI is InChI=1S/C10H14N2OS/c11-6-8-5-10(13)12(7-8)9-1-3-14-4-2-9/h8-9H,1-5,7H2. The molecule has 0 aromatic rings. The van der Waals surface area contributed by atoms with Gasteiger partial charge in [0.25, 0.3) is 0 Å². The van der Waals surface area contributed by atoms with Gasteiger partial charge in [0.2, 0.25) is 5.91 Å². The zero-order chi connectivity index (χ0) is 9.97. The van der Waals surface area contributed by atoms with Crippen molar-refractivity contribution in [3.8, 4) is 6.07 Å². The highest BCUT2D eigenvalue weighted by Gasteiger charge is 2.34. The molecule has 0 N–H and O–H groups in total. The Morgan fingerprint density at radius 2 is 2.14 bits per heavy atom. The van der Waals surface area contributed by atoms with Crippen LogP contribution in [0, 0.1) is 17.2 Å². The smallest absolute Gasteiger partial charge is 0.224 e. The first-order valence-corrected chi connectivity index (χ1v) is 6.23. The van der Waals surface area contributed by atoms with Crippen LogP contribution in [0.15, 0.2) is 0 Å². The summed E-state index contributed by atoms with van der Waals surface area (Å²) in [6.07, 6.45) is 2.66. The number of thioether (sulfide) groups is 1. The predicted molar refractivity (Wildman–Crippen MR) is 55.8 cm³/mol. The van der Waals surface area contributed by atoms with Gasteiger partial charge >= 0.3 is 0 Å². The summed E-state index contributed by atoms with van der Waals surface area (Å²) in [5.41, 5.74) is 0. The minimum absolute atomic E-state index is 0.0583. The first-order chi connectivity index (χ1) is 6.81. The number of nitrogens with zero attached hydrogens (tertiary/aromatic N) is 2. The van der Waals surface area contributed by atoms with Crippen molar-refractivity contribution in [3.05, 3.63) is 0 Å². The second kappa shape index (κ2) is 4.22. The quantitative estimate of drug-likeness (QED) is 0.654. The minimum atomic E-state index is -0.0583. The van der Waals surface area contributed by atoms with Gasteiger partial charge in [0.05, 0.1) is 12.0 Å². The molecule has 1 amide bonds. The third kappa shape index (κ3) is 1.88. The van der Waals surface area contributed by atoms with Crippen molar-refractivity contribution in [1.82, 2.24) is 4.90 Å². The number of rotatable bonds is 1. The summed E-state index contributed by atoms with van der Waals surface area (Å²) in [5, 5.41) is 8.77. The molecule has 2 aliphatic heterocycles. The Hall–Kier alpha value is -0.690. The lowest BCUT2D eigenvalue weighted by Gasteiger charge is -2.30. The summed E-state index contributed by atoms with van der Waals surface area (Å²) in [4.78, 5) is 13.5. The highest BCUT2D eigenvalue weighted by molar-refractivity contribution is 7.99. The molecule has 2 fully saturated rings. The zero-order valence-electron chi connectivity index (χ0n) is 8.11. The molecule has 1 atom stereocenters. The van der Waals surface area contributed by atoms with Crippen molar-refractivity contribution in [1.29, 1.82) is 5.26 Å². The van der Waals surface area contributed by atoms with Crippen LogP contribution in [0.5, 0.6) is 0 Å². The van der Waals surface area contributed by atoms with E-state index in [1.807, 2.05) is 16.7 Å². The molecule has 2 heterocycles. The molecule has 4 heteroatoms. The monoisotopic (exact) mass is 210 g/mol. The molecule has 2 saturated heterocycles. The molecular weight excluding hydrogens is 196 g/mol. The van der Waals surface area contributed by atoms with Gasteiger partial charge in [-0.3, -0.25) is 4.79 Å². The fourth-order valence-corrected chi connectivity index (χ4v) is 3.25. The molecule has 14 heavy (non-hydrogen) atoms. The van der Waals surface area contributed by atoms with Crippen LogP contribution in [0.25, 0.3) is 0 Å². The first kappa shape index (κ1) is 9.85. The van der Waals surface area contributed by atoms with Gasteiger partial charge in [-0.25, -0.2) is 0 Å². The Morgan fingerprint density at radius 1 is 1.43 bits per heavy atom. The fraction of sp³-hybridized carbons (Fsp3) is 0.800.